The Morgan fingerprint density at radius 2 is 2.05 bits per heavy atom. The molecule has 0 unspecified atom stereocenters. The molecule has 0 saturated carbocycles. The molecule has 0 aliphatic carbocycles. The number of para-hydroxylation sites is 1. The largest absolute Gasteiger partial charge is 0.598 e. The molecule has 1 heterocycles. The van der Waals surface area contributed by atoms with Crippen LogP contribution in [0, 0.1) is 0 Å². The molecular formula is C14H19NO4S. The molecule has 110 valence electrons. The molecule has 1 N–H and O–H groups in total. The number of benzene rings is 1. The van der Waals surface area contributed by atoms with Crippen LogP contribution in [0.3, 0.4) is 0 Å². The van der Waals surface area contributed by atoms with Crippen LogP contribution in [0.1, 0.15) is 32.4 Å². The maximum atomic E-state index is 12.3. The zero-order valence-corrected chi connectivity index (χ0v) is 12.8. The third-order valence-corrected chi connectivity index (χ3v) is 4.61. The van der Waals surface area contributed by atoms with Gasteiger partial charge in [-0.2, -0.15) is 0 Å². The summed E-state index contributed by atoms with van der Waals surface area (Å²) >= 11 is -1.31. The number of ether oxygens (including phenoxy) is 2. The van der Waals surface area contributed by atoms with Crippen molar-refractivity contribution in [3.05, 3.63) is 29.8 Å². The van der Waals surface area contributed by atoms with E-state index >= 15 is 0 Å². The number of carbonyl (C=O) groups excluding carboxylic acids is 1. The second kappa shape index (κ2) is 5.63. The average Bonchev–Trinajstić information content (AvgIpc) is 2.76. The molecule has 0 amide bonds. The van der Waals surface area contributed by atoms with Crippen LogP contribution >= 0.6 is 0 Å². The maximum Gasteiger partial charge on any atom is 0.349 e. The molecular weight excluding hydrogens is 278 g/mol. The number of rotatable bonds is 3. The standard InChI is InChI=1S/C14H19NO4S/c1-14(2,3)20(17)15-11-9-7-5-6-8-10(9)19-12(11)13(16)18-4/h5-8,11-12,15H,1-4H3/t11-,12-,20+/m0/s1. The topological polar surface area (TPSA) is 70.6 Å². The summed E-state index contributed by atoms with van der Waals surface area (Å²) in [5.41, 5.74) is 0.820. The minimum Gasteiger partial charge on any atom is -0.598 e. The van der Waals surface area contributed by atoms with Gasteiger partial charge in [-0.15, -0.1) is 4.72 Å². The fourth-order valence-corrected chi connectivity index (χ4v) is 2.77. The van der Waals surface area contributed by atoms with Crippen LogP contribution < -0.4 is 9.46 Å². The number of carbonyl (C=O) groups is 1. The first kappa shape index (κ1) is 15.2. The van der Waals surface area contributed by atoms with Crippen molar-refractivity contribution in [1.29, 1.82) is 0 Å². The second-order valence-corrected chi connectivity index (χ2v) is 7.57. The Kier molecular flexibility index (Phi) is 4.27. The lowest BCUT2D eigenvalue weighted by Gasteiger charge is -2.27. The van der Waals surface area contributed by atoms with Crippen molar-refractivity contribution in [3.63, 3.8) is 0 Å². The summed E-state index contributed by atoms with van der Waals surface area (Å²) in [4.78, 5) is 11.8. The molecule has 0 saturated heterocycles. The molecule has 1 aliphatic heterocycles. The Balaban J connectivity index is 2.27. The zero-order chi connectivity index (χ0) is 14.9. The smallest absolute Gasteiger partial charge is 0.349 e. The van der Waals surface area contributed by atoms with Crippen molar-refractivity contribution in [2.45, 2.75) is 37.7 Å². The van der Waals surface area contributed by atoms with Crippen LogP contribution in [0.25, 0.3) is 0 Å². The zero-order valence-electron chi connectivity index (χ0n) is 12.0. The Morgan fingerprint density at radius 1 is 1.40 bits per heavy atom. The molecule has 3 atom stereocenters. The van der Waals surface area contributed by atoms with Crippen LogP contribution in [-0.2, 0) is 20.9 Å². The van der Waals surface area contributed by atoms with Crippen LogP contribution in [0.2, 0.25) is 0 Å². The van der Waals surface area contributed by atoms with Gasteiger partial charge in [0, 0.05) is 16.9 Å². The predicted molar refractivity (Wildman–Crippen MR) is 76.6 cm³/mol. The van der Waals surface area contributed by atoms with Crippen molar-refractivity contribution < 1.29 is 18.8 Å². The Bertz CT molecular complexity index is 500. The molecule has 1 aromatic rings. The third-order valence-electron chi connectivity index (χ3n) is 3.03. The van der Waals surface area contributed by atoms with Gasteiger partial charge >= 0.3 is 5.97 Å². The lowest BCUT2D eigenvalue weighted by atomic mass is 10.1. The highest BCUT2D eigenvalue weighted by molar-refractivity contribution is 7.90. The number of hydrogen-bond donors (Lipinski definition) is 1. The Morgan fingerprint density at radius 3 is 2.65 bits per heavy atom. The molecule has 0 bridgehead atoms. The van der Waals surface area contributed by atoms with Gasteiger partial charge in [0.25, 0.3) is 0 Å². The van der Waals surface area contributed by atoms with E-state index in [9.17, 15) is 9.35 Å². The van der Waals surface area contributed by atoms with E-state index in [0.29, 0.717) is 5.75 Å². The highest BCUT2D eigenvalue weighted by Gasteiger charge is 2.44. The lowest BCUT2D eigenvalue weighted by molar-refractivity contribution is -0.149. The van der Waals surface area contributed by atoms with Gasteiger partial charge in [-0.1, -0.05) is 18.2 Å². The SMILES string of the molecule is COC(=O)[C@H]1Oc2ccccc2[C@@H]1N[S@+]([O-])C(C)(C)C. The Labute approximate surface area is 122 Å². The minimum atomic E-state index is -1.31. The van der Waals surface area contributed by atoms with Crippen molar-refractivity contribution in [2.24, 2.45) is 0 Å². The van der Waals surface area contributed by atoms with E-state index in [2.05, 4.69) is 4.72 Å². The number of fused-ring (bicyclic) bond motifs is 1. The lowest BCUT2D eigenvalue weighted by Crippen LogP contribution is -2.46. The number of hydrogen-bond acceptors (Lipinski definition) is 5. The maximum absolute atomic E-state index is 12.3. The van der Waals surface area contributed by atoms with Crippen LogP contribution in [0.15, 0.2) is 24.3 Å². The van der Waals surface area contributed by atoms with Gasteiger partial charge in [-0.05, 0) is 26.8 Å². The number of esters is 1. The average molecular weight is 297 g/mol. The summed E-state index contributed by atoms with van der Waals surface area (Å²) < 4.78 is 25.2. The molecule has 0 aromatic heterocycles. The van der Waals surface area contributed by atoms with E-state index in [0.717, 1.165) is 5.56 Å². The molecule has 20 heavy (non-hydrogen) atoms. The fourth-order valence-electron chi connectivity index (χ4n) is 1.93. The number of methoxy groups -OCH3 is 1. The predicted octanol–water partition coefficient (Wildman–Crippen LogP) is 1.71. The third kappa shape index (κ3) is 2.92. The molecule has 0 spiro atoms. The van der Waals surface area contributed by atoms with E-state index in [1.807, 2.05) is 39.0 Å². The van der Waals surface area contributed by atoms with Crippen LogP contribution in [-0.4, -0.2) is 28.5 Å². The molecule has 1 aliphatic rings. The normalized spacial score (nSPS) is 22.9. The van der Waals surface area contributed by atoms with Crippen molar-refractivity contribution in [1.82, 2.24) is 4.72 Å². The minimum absolute atomic E-state index is 0.432. The first-order valence-electron chi connectivity index (χ1n) is 6.36. The van der Waals surface area contributed by atoms with Gasteiger partial charge in [-0.3, -0.25) is 0 Å². The summed E-state index contributed by atoms with van der Waals surface area (Å²) in [7, 11) is 1.31. The first-order valence-corrected chi connectivity index (χ1v) is 7.51. The summed E-state index contributed by atoms with van der Waals surface area (Å²) in [6.07, 6.45) is -0.816. The highest BCUT2D eigenvalue weighted by Crippen LogP contribution is 2.38. The highest BCUT2D eigenvalue weighted by atomic mass is 32.2. The quantitative estimate of drug-likeness (QED) is 0.679. The van der Waals surface area contributed by atoms with Crippen molar-refractivity contribution in [2.75, 3.05) is 7.11 Å². The number of nitrogens with one attached hydrogen (secondary N) is 1. The molecule has 6 heteroatoms. The summed E-state index contributed by atoms with van der Waals surface area (Å²) in [5, 5.41) is 0. The summed E-state index contributed by atoms with van der Waals surface area (Å²) in [6, 6.07) is 6.86. The van der Waals surface area contributed by atoms with Crippen LogP contribution in [0.5, 0.6) is 5.75 Å². The summed E-state index contributed by atoms with van der Waals surface area (Å²) in [5.74, 6) is 0.135. The molecule has 2 rings (SSSR count). The van der Waals surface area contributed by atoms with E-state index in [1.165, 1.54) is 7.11 Å². The van der Waals surface area contributed by atoms with Gasteiger partial charge in [0.1, 0.15) is 16.5 Å². The fraction of sp³-hybridized carbons (Fsp3) is 0.500. The van der Waals surface area contributed by atoms with Crippen molar-refractivity contribution in [3.8, 4) is 5.75 Å². The summed E-state index contributed by atoms with van der Waals surface area (Å²) in [6.45, 7) is 5.60. The molecule has 5 nitrogen and oxygen atoms in total. The van der Waals surface area contributed by atoms with Gasteiger partial charge in [0.2, 0.25) is 6.10 Å². The molecule has 0 radical (unpaired) electrons. The van der Waals surface area contributed by atoms with Gasteiger partial charge in [0.15, 0.2) is 0 Å². The van der Waals surface area contributed by atoms with E-state index < -0.39 is 34.2 Å². The van der Waals surface area contributed by atoms with Gasteiger partial charge < -0.3 is 14.0 Å². The van der Waals surface area contributed by atoms with Crippen molar-refractivity contribution >= 4 is 17.3 Å². The monoisotopic (exact) mass is 297 g/mol. The van der Waals surface area contributed by atoms with Gasteiger partial charge in [0.05, 0.1) is 7.11 Å². The first-order chi connectivity index (χ1) is 9.34. The van der Waals surface area contributed by atoms with E-state index in [-0.39, 0.29) is 0 Å². The van der Waals surface area contributed by atoms with Gasteiger partial charge in [-0.25, -0.2) is 4.79 Å². The van der Waals surface area contributed by atoms with Crippen LogP contribution in [0.4, 0.5) is 0 Å². The van der Waals surface area contributed by atoms with E-state index in [1.54, 1.807) is 6.07 Å². The molecule has 0 fully saturated rings. The Hall–Kier alpha value is -1.24. The van der Waals surface area contributed by atoms with E-state index in [4.69, 9.17) is 9.47 Å². The molecule has 1 aromatic carbocycles. The second-order valence-electron chi connectivity index (χ2n) is 5.58.